The van der Waals surface area contributed by atoms with Crippen LogP contribution in [0.5, 0.6) is 0 Å². The number of benzene rings is 3. The van der Waals surface area contributed by atoms with Crippen molar-refractivity contribution in [3.8, 4) is 17.1 Å². The van der Waals surface area contributed by atoms with Crippen LogP contribution >= 0.6 is 23.4 Å². The Labute approximate surface area is 207 Å². The van der Waals surface area contributed by atoms with E-state index in [-0.39, 0.29) is 11.7 Å². The number of rotatable bonds is 8. The van der Waals surface area contributed by atoms with Gasteiger partial charge >= 0.3 is 0 Å². The molecular weight excluding hydrogens is 466 g/mol. The Morgan fingerprint density at radius 2 is 1.76 bits per heavy atom. The Bertz CT molecular complexity index is 1300. The Morgan fingerprint density at radius 1 is 1.03 bits per heavy atom. The predicted molar refractivity (Wildman–Crippen MR) is 139 cm³/mol. The summed E-state index contributed by atoms with van der Waals surface area (Å²) < 4.78 is 1.94. The van der Waals surface area contributed by atoms with Gasteiger partial charge in [-0.05, 0) is 55.0 Å². The van der Waals surface area contributed by atoms with Gasteiger partial charge in [-0.25, -0.2) is 5.43 Å². The molecule has 4 aromatic rings. The number of halogens is 1. The molecule has 1 N–H and O–H groups in total. The Kier molecular flexibility index (Phi) is 7.91. The third kappa shape index (κ3) is 6.21. The van der Waals surface area contributed by atoms with E-state index in [1.54, 1.807) is 12.3 Å². The number of carbonyl (C=O) groups excluding carboxylic acids is 1. The third-order valence-corrected chi connectivity index (χ3v) is 5.98. The van der Waals surface area contributed by atoms with Gasteiger partial charge in [0.1, 0.15) is 0 Å². The molecule has 170 valence electrons. The van der Waals surface area contributed by atoms with E-state index < -0.39 is 0 Å². The molecule has 0 atom stereocenters. The predicted octanol–water partition coefficient (Wildman–Crippen LogP) is 5.80. The SMILES string of the molecule is Cc1ccc(-n2c(SCC(=O)NN=CC=Cc3ccccc3)nnc2-c2ccc(Cl)cc2)cc1. The molecule has 0 aliphatic heterocycles. The van der Waals surface area contributed by atoms with Crippen LogP contribution in [0.4, 0.5) is 0 Å². The summed E-state index contributed by atoms with van der Waals surface area (Å²) in [5, 5.41) is 14.0. The lowest BCUT2D eigenvalue weighted by atomic mass is 10.2. The summed E-state index contributed by atoms with van der Waals surface area (Å²) in [7, 11) is 0. The molecule has 6 nitrogen and oxygen atoms in total. The fraction of sp³-hybridized carbons (Fsp3) is 0.0769. The van der Waals surface area contributed by atoms with Gasteiger partial charge in [0.25, 0.3) is 5.91 Å². The molecule has 0 unspecified atom stereocenters. The Balaban J connectivity index is 1.45. The van der Waals surface area contributed by atoms with E-state index in [2.05, 4.69) is 20.7 Å². The van der Waals surface area contributed by atoms with Gasteiger partial charge in [0.2, 0.25) is 0 Å². The summed E-state index contributed by atoms with van der Waals surface area (Å²) in [6.45, 7) is 2.03. The van der Waals surface area contributed by atoms with Gasteiger partial charge in [0.15, 0.2) is 11.0 Å². The van der Waals surface area contributed by atoms with E-state index in [9.17, 15) is 4.79 Å². The quantitative estimate of drug-likeness (QED) is 0.193. The highest BCUT2D eigenvalue weighted by Crippen LogP contribution is 2.28. The second kappa shape index (κ2) is 11.4. The smallest absolute Gasteiger partial charge is 0.250 e. The third-order valence-electron chi connectivity index (χ3n) is 4.80. The van der Waals surface area contributed by atoms with Gasteiger partial charge in [-0.3, -0.25) is 9.36 Å². The van der Waals surface area contributed by atoms with Crippen LogP contribution in [0.2, 0.25) is 5.02 Å². The minimum Gasteiger partial charge on any atom is -0.272 e. The molecule has 0 bridgehead atoms. The summed E-state index contributed by atoms with van der Waals surface area (Å²) in [4.78, 5) is 12.3. The molecule has 3 aromatic carbocycles. The van der Waals surface area contributed by atoms with E-state index >= 15 is 0 Å². The van der Waals surface area contributed by atoms with Crippen molar-refractivity contribution in [3.05, 3.63) is 101 Å². The maximum atomic E-state index is 12.3. The number of aryl methyl sites for hydroxylation is 1. The first kappa shape index (κ1) is 23.5. The zero-order valence-electron chi connectivity index (χ0n) is 18.4. The van der Waals surface area contributed by atoms with Crippen LogP contribution in [0.1, 0.15) is 11.1 Å². The Hall–Kier alpha value is -3.68. The molecule has 0 saturated carbocycles. The van der Waals surface area contributed by atoms with Crippen molar-refractivity contribution in [2.24, 2.45) is 5.10 Å². The summed E-state index contributed by atoms with van der Waals surface area (Å²) in [5.74, 6) is 0.582. The van der Waals surface area contributed by atoms with E-state index in [0.29, 0.717) is 16.0 Å². The van der Waals surface area contributed by atoms with Crippen molar-refractivity contribution in [1.82, 2.24) is 20.2 Å². The average Bonchev–Trinajstić information content (AvgIpc) is 3.28. The molecule has 0 aliphatic rings. The zero-order valence-corrected chi connectivity index (χ0v) is 20.0. The molecule has 0 radical (unpaired) electrons. The second-order valence-electron chi connectivity index (χ2n) is 7.36. The van der Waals surface area contributed by atoms with Crippen LogP contribution in [0.15, 0.2) is 95.2 Å². The van der Waals surface area contributed by atoms with Crippen LogP contribution in [-0.2, 0) is 4.79 Å². The largest absolute Gasteiger partial charge is 0.272 e. The van der Waals surface area contributed by atoms with Crippen LogP contribution < -0.4 is 5.43 Å². The molecule has 0 saturated heterocycles. The number of hydrazone groups is 1. The molecule has 0 fully saturated rings. The molecule has 4 rings (SSSR count). The topological polar surface area (TPSA) is 72.2 Å². The fourth-order valence-corrected chi connectivity index (χ4v) is 3.98. The van der Waals surface area contributed by atoms with Crippen molar-refractivity contribution in [3.63, 3.8) is 0 Å². The number of aromatic nitrogens is 3. The average molecular weight is 488 g/mol. The number of nitrogens with zero attached hydrogens (tertiary/aromatic N) is 4. The van der Waals surface area contributed by atoms with Gasteiger partial charge in [-0.15, -0.1) is 10.2 Å². The van der Waals surface area contributed by atoms with E-state index in [1.165, 1.54) is 11.8 Å². The number of thioether (sulfide) groups is 1. The first-order valence-electron chi connectivity index (χ1n) is 10.5. The van der Waals surface area contributed by atoms with Gasteiger partial charge in [-0.2, -0.15) is 5.10 Å². The number of nitrogens with one attached hydrogen (secondary N) is 1. The number of allylic oxidation sites excluding steroid dienone is 1. The summed E-state index contributed by atoms with van der Waals surface area (Å²) in [5.41, 5.74) is 6.53. The fourth-order valence-electron chi connectivity index (χ4n) is 3.11. The minimum absolute atomic E-state index is 0.143. The van der Waals surface area contributed by atoms with Crippen LogP contribution in [0.3, 0.4) is 0 Å². The maximum Gasteiger partial charge on any atom is 0.250 e. The standard InChI is InChI=1S/C26H22ClN5OS/c1-19-9-15-23(16-10-19)32-25(21-11-13-22(27)14-12-21)30-31-26(32)34-18-24(33)29-28-17-5-8-20-6-3-2-4-7-20/h2-17H,18H2,1H3,(H,29,33). The highest BCUT2D eigenvalue weighted by atomic mass is 35.5. The summed E-state index contributed by atoms with van der Waals surface area (Å²) in [6.07, 6.45) is 5.23. The summed E-state index contributed by atoms with van der Waals surface area (Å²) >= 11 is 7.34. The van der Waals surface area contributed by atoms with Gasteiger partial charge < -0.3 is 0 Å². The monoisotopic (exact) mass is 487 g/mol. The molecule has 1 amide bonds. The van der Waals surface area contributed by atoms with Gasteiger partial charge in [-0.1, -0.05) is 77.5 Å². The molecular formula is C26H22ClN5OS. The van der Waals surface area contributed by atoms with Crippen molar-refractivity contribution >= 4 is 41.6 Å². The Morgan fingerprint density at radius 3 is 2.50 bits per heavy atom. The van der Waals surface area contributed by atoms with Crippen molar-refractivity contribution in [1.29, 1.82) is 0 Å². The van der Waals surface area contributed by atoms with E-state index in [1.807, 2.05) is 96.4 Å². The van der Waals surface area contributed by atoms with Crippen LogP contribution in [0.25, 0.3) is 23.2 Å². The molecule has 1 heterocycles. The van der Waals surface area contributed by atoms with E-state index in [4.69, 9.17) is 11.6 Å². The van der Waals surface area contributed by atoms with Gasteiger partial charge in [0.05, 0.1) is 5.75 Å². The lowest BCUT2D eigenvalue weighted by Crippen LogP contribution is -2.19. The minimum atomic E-state index is -0.235. The van der Waals surface area contributed by atoms with E-state index in [0.717, 1.165) is 22.4 Å². The first-order valence-corrected chi connectivity index (χ1v) is 11.9. The van der Waals surface area contributed by atoms with Crippen molar-refractivity contribution < 1.29 is 4.79 Å². The van der Waals surface area contributed by atoms with Crippen LogP contribution in [0, 0.1) is 6.92 Å². The van der Waals surface area contributed by atoms with Crippen molar-refractivity contribution in [2.75, 3.05) is 5.75 Å². The lowest BCUT2D eigenvalue weighted by molar-refractivity contribution is -0.118. The summed E-state index contributed by atoms with van der Waals surface area (Å²) in [6, 6.07) is 25.4. The molecule has 0 aliphatic carbocycles. The highest BCUT2D eigenvalue weighted by molar-refractivity contribution is 7.99. The number of hydrogen-bond acceptors (Lipinski definition) is 5. The molecule has 0 spiro atoms. The lowest BCUT2D eigenvalue weighted by Gasteiger charge is -2.10. The molecule has 34 heavy (non-hydrogen) atoms. The zero-order chi connectivity index (χ0) is 23.8. The second-order valence-corrected chi connectivity index (χ2v) is 8.73. The highest BCUT2D eigenvalue weighted by Gasteiger charge is 2.17. The maximum absolute atomic E-state index is 12.3. The molecule has 8 heteroatoms. The molecule has 1 aromatic heterocycles. The van der Waals surface area contributed by atoms with Crippen LogP contribution in [-0.4, -0.2) is 32.6 Å². The number of amides is 1. The van der Waals surface area contributed by atoms with Crippen molar-refractivity contribution in [2.45, 2.75) is 12.1 Å². The number of carbonyl (C=O) groups is 1. The normalized spacial score (nSPS) is 11.4. The first-order chi connectivity index (χ1) is 16.6. The van der Waals surface area contributed by atoms with Gasteiger partial charge in [0, 0.05) is 22.5 Å². The number of hydrogen-bond donors (Lipinski definition) is 1.